The van der Waals surface area contributed by atoms with Gasteiger partial charge in [-0.15, -0.1) is 0 Å². The number of rotatable bonds is 3. The van der Waals surface area contributed by atoms with Crippen molar-refractivity contribution in [3.8, 4) is 0 Å². The number of fused-ring (bicyclic) bond motifs is 1. The monoisotopic (exact) mass is 393 g/mol. The van der Waals surface area contributed by atoms with Crippen LogP contribution < -0.4 is 10.9 Å². The van der Waals surface area contributed by atoms with Crippen LogP contribution in [0, 0.1) is 17.6 Å². The predicted octanol–water partition coefficient (Wildman–Crippen LogP) is 2.86. The second-order valence-corrected chi connectivity index (χ2v) is 8.54. The Morgan fingerprint density at radius 1 is 1.33 bits per heavy atom. The van der Waals surface area contributed by atoms with Crippen molar-refractivity contribution in [1.29, 1.82) is 0 Å². The predicted molar refractivity (Wildman–Crippen MR) is 99.6 cm³/mol. The first-order valence-electron chi connectivity index (χ1n) is 8.62. The standard InChI is InChI=1S/C19H21F2N3O2S/c1-19(2,3)15-7-16(25)24-9-11(10-27-18(24)23-15)17(26)22-8-12-13(20)5-4-6-14(12)21/h4-7,11H,8-10H2,1-3H3,(H,22,26). The Labute approximate surface area is 160 Å². The summed E-state index contributed by atoms with van der Waals surface area (Å²) in [6.45, 7) is 5.91. The van der Waals surface area contributed by atoms with Crippen LogP contribution >= 0.6 is 11.8 Å². The molecule has 1 aromatic carbocycles. The molecule has 1 atom stereocenters. The molecule has 0 radical (unpaired) electrons. The van der Waals surface area contributed by atoms with Crippen LogP contribution in [-0.4, -0.2) is 21.2 Å². The Balaban J connectivity index is 1.72. The zero-order chi connectivity index (χ0) is 19.8. The molecule has 1 unspecified atom stereocenters. The van der Waals surface area contributed by atoms with Crippen molar-refractivity contribution in [2.45, 2.75) is 44.4 Å². The van der Waals surface area contributed by atoms with E-state index in [4.69, 9.17) is 0 Å². The Kier molecular flexibility index (Phi) is 5.37. The number of benzene rings is 1. The van der Waals surface area contributed by atoms with Gasteiger partial charge in [-0.1, -0.05) is 38.6 Å². The van der Waals surface area contributed by atoms with Gasteiger partial charge in [0.15, 0.2) is 5.16 Å². The molecule has 3 rings (SSSR count). The Morgan fingerprint density at radius 2 is 2.00 bits per heavy atom. The van der Waals surface area contributed by atoms with Gasteiger partial charge in [0, 0.05) is 35.9 Å². The van der Waals surface area contributed by atoms with E-state index < -0.39 is 17.6 Å². The van der Waals surface area contributed by atoms with Crippen LogP contribution in [0.3, 0.4) is 0 Å². The number of aromatic nitrogens is 2. The minimum atomic E-state index is -0.700. The number of carbonyl (C=O) groups excluding carboxylic acids is 1. The highest BCUT2D eigenvalue weighted by Crippen LogP contribution is 2.28. The lowest BCUT2D eigenvalue weighted by Gasteiger charge is -2.26. The van der Waals surface area contributed by atoms with Crippen molar-refractivity contribution < 1.29 is 13.6 Å². The highest BCUT2D eigenvalue weighted by molar-refractivity contribution is 7.99. The van der Waals surface area contributed by atoms with Crippen molar-refractivity contribution in [3.05, 3.63) is 57.5 Å². The normalized spacial score (nSPS) is 16.7. The second-order valence-electron chi connectivity index (χ2n) is 7.55. The van der Waals surface area contributed by atoms with Crippen LogP contribution in [0.4, 0.5) is 8.78 Å². The molecule has 0 spiro atoms. The summed E-state index contributed by atoms with van der Waals surface area (Å²) in [5.41, 5.74) is 0.0931. The smallest absolute Gasteiger partial charge is 0.254 e. The summed E-state index contributed by atoms with van der Waals surface area (Å²) in [4.78, 5) is 29.4. The van der Waals surface area contributed by atoms with Crippen LogP contribution in [0.25, 0.3) is 0 Å². The van der Waals surface area contributed by atoms with Gasteiger partial charge in [-0.05, 0) is 12.1 Å². The van der Waals surface area contributed by atoms with Gasteiger partial charge in [0.05, 0.1) is 11.6 Å². The van der Waals surface area contributed by atoms with E-state index in [0.717, 1.165) is 12.1 Å². The van der Waals surface area contributed by atoms with Gasteiger partial charge in [-0.25, -0.2) is 13.8 Å². The molecule has 1 aromatic heterocycles. The van der Waals surface area contributed by atoms with E-state index in [2.05, 4.69) is 10.3 Å². The summed E-state index contributed by atoms with van der Waals surface area (Å²) in [7, 11) is 0. The lowest BCUT2D eigenvalue weighted by atomic mass is 9.92. The summed E-state index contributed by atoms with van der Waals surface area (Å²) in [6, 6.07) is 5.07. The molecule has 8 heteroatoms. The first-order chi connectivity index (χ1) is 12.7. The highest BCUT2D eigenvalue weighted by atomic mass is 32.2. The molecule has 1 aliphatic heterocycles. The molecule has 2 aromatic rings. The fourth-order valence-corrected chi connectivity index (χ4v) is 3.87. The van der Waals surface area contributed by atoms with Gasteiger partial charge < -0.3 is 5.32 Å². The zero-order valence-electron chi connectivity index (χ0n) is 15.4. The maximum Gasteiger partial charge on any atom is 0.254 e. The van der Waals surface area contributed by atoms with Crippen LogP contribution in [0.1, 0.15) is 32.0 Å². The fraction of sp³-hybridized carbons (Fsp3) is 0.421. The summed E-state index contributed by atoms with van der Waals surface area (Å²) in [5, 5.41) is 3.16. The third-order valence-corrected chi connectivity index (χ3v) is 5.57. The number of amides is 1. The summed E-state index contributed by atoms with van der Waals surface area (Å²) < 4.78 is 28.8. The molecule has 1 N–H and O–H groups in total. The molecular weight excluding hydrogens is 372 g/mol. The minimum absolute atomic E-state index is 0.177. The maximum atomic E-state index is 13.7. The van der Waals surface area contributed by atoms with E-state index in [1.807, 2.05) is 20.8 Å². The number of carbonyl (C=O) groups is 1. The summed E-state index contributed by atoms with van der Waals surface area (Å²) in [6.07, 6.45) is 0. The topological polar surface area (TPSA) is 64.0 Å². The Bertz CT molecular complexity index is 917. The van der Waals surface area contributed by atoms with E-state index in [0.29, 0.717) is 16.6 Å². The summed E-state index contributed by atoms with van der Waals surface area (Å²) >= 11 is 1.34. The highest BCUT2D eigenvalue weighted by Gasteiger charge is 2.28. The third-order valence-electron chi connectivity index (χ3n) is 4.43. The summed E-state index contributed by atoms with van der Waals surface area (Å²) in [5.74, 6) is -1.77. The van der Waals surface area contributed by atoms with Crippen molar-refractivity contribution in [2.24, 2.45) is 5.92 Å². The molecule has 0 aliphatic carbocycles. The van der Waals surface area contributed by atoms with E-state index in [1.165, 1.54) is 28.5 Å². The molecular formula is C19H21F2N3O2S. The van der Waals surface area contributed by atoms with Crippen molar-refractivity contribution in [3.63, 3.8) is 0 Å². The zero-order valence-corrected chi connectivity index (χ0v) is 16.2. The Hall–Kier alpha value is -2.22. The maximum absolute atomic E-state index is 13.7. The fourth-order valence-electron chi connectivity index (χ4n) is 2.78. The first kappa shape index (κ1) is 19.5. The SMILES string of the molecule is CC(C)(C)c1cc(=O)n2c(n1)SCC(C(=O)NCc1c(F)cccc1F)C2. The number of nitrogens with zero attached hydrogens (tertiary/aromatic N) is 2. The number of hydrogen-bond donors (Lipinski definition) is 1. The second kappa shape index (κ2) is 7.42. The van der Waals surface area contributed by atoms with Crippen LogP contribution in [-0.2, 0) is 23.3 Å². The van der Waals surface area contributed by atoms with Crippen molar-refractivity contribution in [2.75, 3.05) is 5.75 Å². The lowest BCUT2D eigenvalue weighted by Crippen LogP contribution is -2.40. The van der Waals surface area contributed by atoms with E-state index >= 15 is 0 Å². The number of hydrogen-bond acceptors (Lipinski definition) is 4. The molecule has 144 valence electrons. The van der Waals surface area contributed by atoms with E-state index in [-0.39, 0.29) is 35.5 Å². The molecule has 0 bridgehead atoms. The largest absolute Gasteiger partial charge is 0.351 e. The van der Waals surface area contributed by atoms with Gasteiger partial charge in [-0.3, -0.25) is 14.2 Å². The lowest BCUT2D eigenvalue weighted by molar-refractivity contribution is -0.125. The van der Waals surface area contributed by atoms with E-state index in [9.17, 15) is 18.4 Å². The van der Waals surface area contributed by atoms with Gasteiger partial charge in [-0.2, -0.15) is 0 Å². The van der Waals surface area contributed by atoms with Crippen LogP contribution in [0.15, 0.2) is 34.2 Å². The quantitative estimate of drug-likeness (QED) is 0.815. The molecule has 0 saturated carbocycles. The minimum Gasteiger partial charge on any atom is -0.351 e. The van der Waals surface area contributed by atoms with Gasteiger partial charge in [0.25, 0.3) is 5.56 Å². The first-order valence-corrected chi connectivity index (χ1v) is 9.61. The van der Waals surface area contributed by atoms with Crippen LogP contribution in [0.2, 0.25) is 0 Å². The van der Waals surface area contributed by atoms with Gasteiger partial charge in [0.1, 0.15) is 11.6 Å². The molecule has 0 fully saturated rings. The molecule has 27 heavy (non-hydrogen) atoms. The number of thioether (sulfide) groups is 1. The number of nitrogens with one attached hydrogen (secondary N) is 1. The van der Waals surface area contributed by atoms with Gasteiger partial charge >= 0.3 is 0 Å². The molecule has 1 amide bonds. The van der Waals surface area contributed by atoms with Crippen molar-refractivity contribution in [1.82, 2.24) is 14.9 Å². The molecule has 2 heterocycles. The van der Waals surface area contributed by atoms with E-state index in [1.54, 1.807) is 0 Å². The average molecular weight is 393 g/mol. The van der Waals surface area contributed by atoms with Crippen LogP contribution in [0.5, 0.6) is 0 Å². The van der Waals surface area contributed by atoms with Crippen molar-refractivity contribution >= 4 is 17.7 Å². The molecule has 1 aliphatic rings. The number of halogens is 2. The molecule has 5 nitrogen and oxygen atoms in total. The third kappa shape index (κ3) is 4.21. The molecule has 0 saturated heterocycles. The average Bonchev–Trinajstić information content (AvgIpc) is 2.60. The van der Waals surface area contributed by atoms with Gasteiger partial charge in [0.2, 0.25) is 5.91 Å². The Morgan fingerprint density at radius 3 is 2.63 bits per heavy atom.